The quantitative estimate of drug-likeness (QED) is 0.705. The number of thiophene rings is 1. The minimum Gasteiger partial charge on any atom is -0.317 e. The highest BCUT2D eigenvalue weighted by atomic mass is 32.1. The molecule has 1 rings (SSSR count). The standard InChI is InChI=1S/C10H15NOS/c1-2-11-6-5-9(12)8-10-4-3-7-13-10/h3-4,7,11H,2,5-6,8H2,1H3. The fourth-order valence-corrected chi connectivity index (χ4v) is 1.83. The van der Waals surface area contributed by atoms with Gasteiger partial charge in [0.25, 0.3) is 0 Å². The van der Waals surface area contributed by atoms with Crippen molar-refractivity contribution in [2.24, 2.45) is 0 Å². The summed E-state index contributed by atoms with van der Waals surface area (Å²) in [6.07, 6.45) is 1.24. The molecule has 0 aromatic carbocycles. The molecule has 0 saturated heterocycles. The Balaban J connectivity index is 2.18. The van der Waals surface area contributed by atoms with Crippen molar-refractivity contribution in [3.63, 3.8) is 0 Å². The predicted molar refractivity (Wildman–Crippen MR) is 56.2 cm³/mol. The average molecular weight is 197 g/mol. The highest BCUT2D eigenvalue weighted by Gasteiger charge is 2.03. The molecule has 72 valence electrons. The predicted octanol–water partition coefficient (Wildman–Crippen LogP) is 1.86. The highest BCUT2D eigenvalue weighted by Crippen LogP contribution is 2.09. The smallest absolute Gasteiger partial charge is 0.139 e. The van der Waals surface area contributed by atoms with Crippen molar-refractivity contribution >= 4 is 17.1 Å². The second-order valence-electron chi connectivity index (χ2n) is 2.90. The number of hydrogen-bond acceptors (Lipinski definition) is 3. The first-order valence-corrected chi connectivity index (χ1v) is 5.45. The van der Waals surface area contributed by atoms with Crippen molar-refractivity contribution in [1.29, 1.82) is 0 Å². The third-order valence-electron chi connectivity index (χ3n) is 1.78. The molecule has 0 spiro atoms. The number of nitrogens with one attached hydrogen (secondary N) is 1. The van der Waals surface area contributed by atoms with Crippen LogP contribution in [0, 0.1) is 0 Å². The van der Waals surface area contributed by atoms with Gasteiger partial charge in [-0.1, -0.05) is 13.0 Å². The molecule has 0 radical (unpaired) electrons. The van der Waals surface area contributed by atoms with Crippen LogP contribution in [0.5, 0.6) is 0 Å². The van der Waals surface area contributed by atoms with Crippen LogP contribution in [-0.4, -0.2) is 18.9 Å². The molecule has 0 aliphatic heterocycles. The Hall–Kier alpha value is -0.670. The Morgan fingerprint density at radius 1 is 1.62 bits per heavy atom. The molecule has 0 unspecified atom stereocenters. The van der Waals surface area contributed by atoms with Gasteiger partial charge in [0.05, 0.1) is 0 Å². The zero-order chi connectivity index (χ0) is 9.52. The number of ketones is 1. The van der Waals surface area contributed by atoms with Gasteiger partial charge < -0.3 is 5.32 Å². The summed E-state index contributed by atoms with van der Waals surface area (Å²) >= 11 is 1.65. The third kappa shape index (κ3) is 4.20. The zero-order valence-corrected chi connectivity index (χ0v) is 8.69. The first-order valence-electron chi connectivity index (χ1n) is 4.57. The molecule has 0 aliphatic carbocycles. The molecule has 1 aromatic rings. The van der Waals surface area contributed by atoms with Gasteiger partial charge in [-0.05, 0) is 18.0 Å². The van der Waals surface area contributed by atoms with E-state index in [4.69, 9.17) is 0 Å². The van der Waals surface area contributed by atoms with Crippen LogP contribution in [0.3, 0.4) is 0 Å². The minimum atomic E-state index is 0.323. The van der Waals surface area contributed by atoms with Gasteiger partial charge >= 0.3 is 0 Å². The normalized spacial score (nSPS) is 10.2. The molecule has 0 fully saturated rings. The summed E-state index contributed by atoms with van der Waals surface area (Å²) < 4.78 is 0. The zero-order valence-electron chi connectivity index (χ0n) is 7.88. The number of carbonyl (C=O) groups excluding carboxylic acids is 1. The van der Waals surface area contributed by atoms with Crippen molar-refractivity contribution in [3.05, 3.63) is 22.4 Å². The van der Waals surface area contributed by atoms with E-state index in [9.17, 15) is 4.79 Å². The molecule has 3 heteroatoms. The van der Waals surface area contributed by atoms with Crippen molar-refractivity contribution < 1.29 is 4.79 Å². The van der Waals surface area contributed by atoms with Gasteiger partial charge in [0, 0.05) is 24.3 Å². The lowest BCUT2D eigenvalue weighted by molar-refractivity contribution is -0.118. The highest BCUT2D eigenvalue weighted by molar-refractivity contribution is 7.10. The second-order valence-corrected chi connectivity index (χ2v) is 3.93. The van der Waals surface area contributed by atoms with Crippen molar-refractivity contribution in [2.75, 3.05) is 13.1 Å². The Morgan fingerprint density at radius 2 is 2.46 bits per heavy atom. The van der Waals surface area contributed by atoms with Crippen LogP contribution in [0.4, 0.5) is 0 Å². The second kappa shape index (κ2) is 5.89. The lowest BCUT2D eigenvalue weighted by Crippen LogP contribution is -2.18. The molecule has 1 N–H and O–H groups in total. The van der Waals surface area contributed by atoms with E-state index in [-0.39, 0.29) is 0 Å². The van der Waals surface area contributed by atoms with Crippen LogP contribution in [-0.2, 0) is 11.2 Å². The Kier molecular flexibility index (Phi) is 4.72. The van der Waals surface area contributed by atoms with E-state index >= 15 is 0 Å². The molecule has 1 aromatic heterocycles. The van der Waals surface area contributed by atoms with Crippen molar-refractivity contribution in [3.8, 4) is 0 Å². The first kappa shape index (κ1) is 10.4. The SMILES string of the molecule is CCNCCC(=O)Cc1cccs1. The summed E-state index contributed by atoms with van der Waals surface area (Å²) in [5.74, 6) is 0.323. The maximum atomic E-state index is 11.4. The fraction of sp³-hybridized carbons (Fsp3) is 0.500. The molecule has 0 aliphatic rings. The Labute approximate surface area is 83.0 Å². The fourth-order valence-electron chi connectivity index (χ4n) is 1.10. The summed E-state index contributed by atoms with van der Waals surface area (Å²) in [4.78, 5) is 12.5. The largest absolute Gasteiger partial charge is 0.317 e. The van der Waals surface area contributed by atoms with Gasteiger partial charge in [-0.2, -0.15) is 0 Å². The van der Waals surface area contributed by atoms with Crippen LogP contribution in [0.1, 0.15) is 18.2 Å². The Morgan fingerprint density at radius 3 is 3.08 bits per heavy atom. The van der Waals surface area contributed by atoms with Crippen LogP contribution >= 0.6 is 11.3 Å². The van der Waals surface area contributed by atoms with Crippen LogP contribution < -0.4 is 5.32 Å². The number of hydrogen-bond donors (Lipinski definition) is 1. The molecule has 0 saturated carbocycles. The van der Waals surface area contributed by atoms with Crippen LogP contribution in [0.2, 0.25) is 0 Å². The molecule has 2 nitrogen and oxygen atoms in total. The van der Waals surface area contributed by atoms with Gasteiger partial charge in [-0.25, -0.2) is 0 Å². The molecule has 0 bridgehead atoms. The topological polar surface area (TPSA) is 29.1 Å². The first-order chi connectivity index (χ1) is 6.33. The van der Waals surface area contributed by atoms with Gasteiger partial charge in [0.15, 0.2) is 0 Å². The summed E-state index contributed by atoms with van der Waals surface area (Å²) in [5, 5.41) is 5.15. The van der Waals surface area contributed by atoms with Crippen LogP contribution in [0.15, 0.2) is 17.5 Å². The molecule has 1 heterocycles. The molecular formula is C10H15NOS. The number of carbonyl (C=O) groups is 1. The molecule has 13 heavy (non-hydrogen) atoms. The van der Waals surface area contributed by atoms with E-state index in [0.29, 0.717) is 18.6 Å². The average Bonchev–Trinajstić information content (AvgIpc) is 2.57. The van der Waals surface area contributed by atoms with Crippen molar-refractivity contribution in [2.45, 2.75) is 19.8 Å². The summed E-state index contributed by atoms with van der Waals surface area (Å²) in [6.45, 7) is 3.79. The summed E-state index contributed by atoms with van der Waals surface area (Å²) in [5.41, 5.74) is 0. The Bertz CT molecular complexity index is 243. The lowest BCUT2D eigenvalue weighted by atomic mass is 10.2. The van der Waals surface area contributed by atoms with Crippen molar-refractivity contribution in [1.82, 2.24) is 5.32 Å². The minimum absolute atomic E-state index is 0.323. The maximum absolute atomic E-state index is 11.4. The number of Topliss-reactive ketones (excluding diaryl/α,β-unsaturated/α-hetero) is 1. The van der Waals surface area contributed by atoms with Gasteiger partial charge in [0.2, 0.25) is 0 Å². The van der Waals surface area contributed by atoms with E-state index in [0.717, 1.165) is 13.1 Å². The summed E-state index contributed by atoms with van der Waals surface area (Å²) in [7, 11) is 0. The maximum Gasteiger partial charge on any atom is 0.139 e. The van der Waals surface area contributed by atoms with Crippen LogP contribution in [0.25, 0.3) is 0 Å². The van der Waals surface area contributed by atoms with E-state index in [2.05, 4.69) is 5.32 Å². The molecule has 0 atom stereocenters. The third-order valence-corrected chi connectivity index (χ3v) is 2.66. The van der Waals surface area contributed by atoms with Gasteiger partial charge in [-0.3, -0.25) is 4.79 Å². The van der Waals surface area contributed by atoms with E-state index in [1.165, 1.54) is 4.88 Å². The van der Waals surface area contributed by atoms with E-state index < -0.39 is 0 Å². The lowest BCUT2D eigenvalue weighted by Gasteiger charge is -1.99. The van der Waals surface area contributed by atoms with E-state index in [1.54, 1.807) is 11.3 Å². The number of rotatable bonds is 6. The summed E-state index contributed by atoms with van der Waals surface area (Å²) in [6, 6.07) is 3.99. The molecule has 0 amide bonds. The van der Waals surface area contributed by atoms with Gasteiger partial charge in [0.1, 0.15) is 5.78 Å². The van der Waals surface area contributed by atoms with Gasteiger partial charge in [-0.15, -0.1) is 11.3 Å². The van der Waals surface area contributed by atoms with E-state index in [1.807, 2.05) is 24.4 Å². The monoisotopic (exact) mass is 197 g/mol. The molecular weight excluding hydrogens is 182 g/mol.